The number of likely N-dealkylation sites (N-methyl/N-ethyl adjacent to an activating group) is 2. The fourth-order valence-corrected chi connectivity index (χ4v) is 6.87. The molecule has 14 nitrogen and oxygen atoms in total. The van der Waals surface area contributed by atoms with Crippen molar-refractivity contribution in [2.45, 2.75) is 36.7 Å². The van der Waals surface area contributed by atoms with E-state index in [1.807, 2.05) is 31.1 Å². The number of rotatable bonds is 9. The first-order valence-corrected chi connectivity index (χ1v) is 15.9. The van der Waals surface area contributed by atoms with Gasteiger partial charge in [0.1, 0.15) is 28.8 Å². The number of carbonyl (C=O) groups excluding carboxylic acids is 2. The summed E-state index contributed by atoms with van der Waals surface area (Å²) in [5.41, 5.74) is 7.45. The van der Waals surface area contributed by atoms with Gasteiger partial charge in [-0.15, -0.1) is 0 Å². The molecule has 1 saturated heterocycles. The number of anilines is 1. The highest BCUT2D eigenvalue weighted by atomic mass is 32.2. The van der Waals surface area contributed by atoms with Gasteiger partial charge in [0.05, 0.1) is 30.5 Å². The van der Waals surface area contributed by atoms with Crippen LogP contribution in [0.25, 0.3) is 0 Å². The maximum Gasteiger partial charge on any atom is 0.275 e. The van der Waals surface area contributed by atoms with Crippen LogP contribution in [-0.2, 0) is 26.0 Å². The molecule has 15 heteroatoms. The Labute approximate surface area is 251 Å². The minimum Gasteiger partial charge on any atom is -0.495 e. The van der Waals surface area contributed by atoms with Crippen molar-refractivity contribution in [2.75, 3.05) is 65.0 Å². The van der Waals surface area contributed by atoms with Gasteiger partial charge in [0.2, 0.25) is 11.8 Å². The molecule has 0 bridgehead atoms. The van der Waals surface area contributed by atoms with Crippen molar-refractivity contribution >= 4 is 27.3 Å². The largest absolute Gasteiger partial charge is 0.495 e. The normalized spacial score (nSPS) is 23.0. The Kier molecular flexibility index (Phi) is 8.49. The summed E-state index contributed by atoms with van der Waals surface area (Å²) in [4.78, 5) is 33.7. The standard InChI is InChI=1S/C28H40N8O6S/c1-5-19-16-34(3)25-26(36(19)17-20-7-6-14-42-20)31-28(29,32-27(25)38)30-22-9-8-21(15-23(22)41-4)43(39,40)18-24(37)35-12-10-33(2)11-13-35/h6-9,14-15,19,30-31H,5,10-13,16-18,29H2,1-4H3,(H,32,38)/t19?,28-/m1/s1. The monoisotopic (exact) mass is 616 g/mol. The quantitative estimate of drug-likeness (QED) is 0.278. The lowest BCUT2D eigenvalue weighted by Crippen LogP contribution is -2.75. The molecule has 5 rings (SSSR count). The van der Waals surface area contributed by atoms with E-state index in [-0.39, 0.29) is 22.6 Å². The third kappa shape index (κ3) is 6.38. The van der Waals surface area contributed by atoms with Crippen molar-refractivity contribution in [1.82, 2.24) is 30.2 Å². The topological polar surface area (TPSA) is 166 Å². The summed E-state index contributed by atoms with van der Waals surface area (Å²) >= 11 is 0. The molecule has 0 saturated carbocycles. The highest BCUT2D eigenvalue weighted by Gasteiger charge is 2.44. The summed E-state index contributed by atoms with van der Waals surface area (Å²) in [6.45, 7) is 5.50. The van der Waals surface area contributed by atoms with E-state index in [0.29, 0.717) is 56.5 Å². The van der Waals surface area contributed by atoms with Crippen LogP contribution in [0.5, 0.6) is 5.75 Å². The van der Waals surface area contributed by atoms with Crippen LogP contribution in [0.15, 0.2) is 57.4 Å². The Balaban J connectivity index is 1.37. The number of nitrogens with one attached hydrogen (secondary N) is 3. The van der Waals surface area contributed by atoms with Gasteiger partial charge in [-0.05, 0) is 37.7 Å². The summed E-state index contributed by atoms with van der Waals surface area (Å²) in [6.07, 6.45) is 2.42. The first-order valence-electron chi connectivity index (χ1n) is 14.2. The van der Waals surface area contributed by atoms with Crippen molar-refractivity contribution in [3.63, 3.8) is 0 Å². The summed E-state index contributed by atoms with van der Waals surface area (Å²) in [6, 6.07) is 8.00. The van der Waals surface area contributed by atoms with E-state index in [1.165, 1.54) is 25.3 Å². The molecule has 43 heavy (non-hydrogen) atoms. The van der Waals surface area contributed by atoms with Crippen LogP contribution in [0.1, 0.15) is 19.1 Å². The molecule has 4 heterocycles. The molecular weight excluding hydrogens is 576 g/mol. The van der Waals surface area contributed by atoms with Crippen LogP contribution in [0.3, 0.4) is 0 Å². The summed E-state index contributed by atoms with van der Waals surface area (Å²) in [7, 11) is 1.27. The smallest absolute Gasteiger partial charge is 0.275 e. The van der Waals surface area contributed by atoms with Gasteiger partial charge in [0, 0.05) is 51.9 Å². The highest BCUT2D eigenvalue weighted by molar-refractivity contribution is 7.92. The average Bonchev–Trinajstić information content (AvgIpc) is 3.47. The molecule has 234 valence electrons. The molecule has 0 spiro atoms. The van der Waals surface area contributed by atoms with Crippen molar-refractivity contribution in [2.24, 2.45) is 5.73 Å². The van der Waals surface area contributed by atoms with E-state index in [4.69, 9.17) is 14.9 Å². The predicted molar refractivity (Wildman–Crippen MR) is 159 cm³/mol. The zero-order chi connectivity index (χ0) is 30.9. The summed E-state index contributed by atoms with van der Waals surface area (Å²) in [5, 5.41) is 9.12. The van der Waals surface area contributed by atoms with Crippen LogP contribution < -0.4 is 26.4 Å². The van der Waals surface area contributed by atoms with Crippen molar-refractivity contribution in [1.29, 1.82) is 0 Å². The number of furan rings is 1. The van der Waals surface area contributed by atoms with Crippen molar-refractivity contribution in [3.8, 4) is 5.75 Å². The van der Waals surface area contributed by atoms with E-state index < -0.39 is 27.4 Å². The Hall–Kier alpha value is -3.95. The SMILES string of the molecule is CCC1CN(C)C2=C(N[C@@](N)(Nc3ccc(S(=O)(=O)CC(=O)N4CCN(C)CC4)cc3OC)NC2=O)N1Cc1ccco1. The molecule has 1 fully saturated rings. The average molecular weight is 617 g/mol. The van der Waals surface area contributed by atoms with E-state index in [9.17, 15) is 18.0 Å². The predicted octanol–water partition coefficient (Wildman–Crippen LogP) is -0.0675. The lowest BCUT2D eigenvalue weighted by molar-refractivity contribution is -0.130. The molecular formula is C28H40N8O6S. The number of piperazine rings is 1. The Bertz CT molecular complexity index is 1490. The van der Waals surface area contributed by atoms with Gasteiger partial charge in [-0.3, -0.25) is 20.6 Å². The number of nitrogens with two attached hydrogens (primary N) is 1. The van der Waals surface area contributed by atoms with Gasteiger partial charge in [-0.1, -0.05) is 6.92 Å². The molecule has 3 aliphatic rings. The van der Waals surface area contributed by atoms with Gasteiger partial charge in [-0.25, -0.2) is 8.42 Å². The summed E-state index contributed by atoms with van der Waals surface area (Å²) < 4.78 is 37.5. The number of hydrogen-bond acceptors (Lipinski definition) is 12. The number of amides is 2. The molecule has 5 N–H and O–H groups in total. The molecule has 1 aromatic carbocycles. The van der Waals surface area contributed by atoms with Gasteiger partial charge in [0.25, 0.3) is 5.91 Å². The molecule has 3 aliphatic heterocycles. The van der Waals surface area contributed by atoms with Gasteiger partial charge in [0.15, 0.2) is 9.84 Å². The van der Waals surface area contributed by atoms with E-state index in [1.54, 1.807) is 11.2 Å². The van der Waals surface area contributed by atoms with Crippen LogP contribution in [0.2, 0.25) is 0 Å². The molecule has 2 atom stereocenters. The first-order chi connectivity index (χ1) is 20.4. The molecule has 1 unspecified atom stereocenters. The van der Waals surface area contributed by atoms with Gasteiger partial charge in [-0.2, -0.15) is 0 Å². The van der Waals surface area contributed by atoms with Gasteiger partial charge >= 0.3 is 0 Å². The second-order valence-corrected chi connectivity index (χ2v) is 13.2. The van der Waals surface area contributed by atoms with Crippen LogP contribution in [0.4, 0.5) is 5.69 Å². The van der Waals surface area contributed by atoms with Gasteiger partial charge < -0.3 is 39.4 Å². The van der Waals surface area contributed by atoms with Crippen LogP contribution in [0, 0.1) is 0 Å². The fourth-order valence-electron chi connectivity index (χ4n) is 5.64. The highest BCUT2D eigenvalue weighted by Crippen LogP contribution is 2.32. The number of ether oxygens (including phenoxy) is 1. The number of methoxy groups -OCH3 is 1. The minimum atomic E-state index is -3.95. The Morgan fingerprint density at radius 1 is 1.19 bits per heavy atom. The third-order valence-corrected chi connectivity index (χ3v) is 9.67. The third-order valence-electron chi connectivity index (χ3n) is 8.07. The van der Waals surface area contributed by atoms with Crippen molar-refractivity contribution < 1.29 is 27.2 Å². The van der Waals surface area contributed by atoms with Crippen molar-refractivity contribution in [3.05, 3.63) is 53.9 Å². The molecule has 0 aliphatic carbocycles. The second-order valence-electron chi connectivity index (χ2n) is 11.2. The lowest BCUT2D eigenvalue weighted by atomic mass is 10.1. The number of carbonyl (C=O) groups is 2. The number of benzene rings is 1. The maximum absolute atomic E-state index is 13.4. The number of hydrogen-bond donors (Lipinski definition) is 4. The number of nitrogens with zero attached hydrogens (tertiary/aromatic N) is 4. The van der Waals surface area contributed by atoms with E-state index in [2.05, 4.69) is 32.7 Å². The van der Waals surface area contributed by atoms with Crippen LogP contribution >= 0.6 is 0 Å². The zero-order valence-corrected chi connectivity index (χ0v) is 25.7. The number of sulfone groups is 1. The first kappa shape index (κ1) is 30.5. The minimum absolute atomic E-state index is 0.0570. The zero-order valence-electron chi connectivity index (χ0n) is 24.9. The Morgan fingerprint density at radius 2 is 1.93 bits per heavy atom. The second kappa shape index (κ2) is 12.0. The molecule has 2 amide bonds. The molecule has 0 radical (unpaired) electrons. The fraction of sp³-hybridized carbons (Fsp3) is 0.500. The maximum atomic E-state index is 13.4. The molecule has 2 aromatic rings. The Morgan fingerprint density at radius 3 is 2.58 bits per heavy atom. The van der Waals surface area contributed by atoms with Crippen LogP contribution in [-0.4, -0.2) is 111 Å². The van der Waals surface area contributed by atoms with E-state index >= 15 is 0 Å². The summed E-state index contributed by atoms with van der Waals surface area (Å²) in [5.74, 6) is -1.66. The van der Waals surface area contributed by atoms with E-state index in [0.717, 1.165) is 12.2 Å². The lowest BCUT2D eigenvalue weighted by Gasteiger charge is -2.49. The molecule has 1 aromatic heterocycles.